The van der Waals surface area contributed by atoms with Crippen LogP contribution in [0.4, 0.5) is 10.5 Å². The Labute approximate surface area is 95.2 Å². The second kappa shape index (κ2) is 4.99. The van der Waals surface area contributed by atoms with Crippen LogP contribution in [0.5, 0.6) is 0 Å². The monoisotopic (exact) mass is 223 g/mol. The lowest BCUT2D eigenvalue weighted by molar-refractivity contribution is 0.0635. The van der Waals surface area contributed by atoms with Gasteiger partial charge in [-0.25, -0.2) is 4.79 Å². The number of carbonyl (C=O) groups is 1. The van der Waals surface area contributed by atoms with Gasteiger partial charge in [-0.15, -0.1) is 0 Å². The number of para-hydroxylation sites is 1. The minimum atomic E-state index is -0.530. The first-order valence-corrected chi connectivity index (χ1v) is 5.11. The Morgan fingerprint density at radius 1 is 1.38 bits per heavy atom. The third kappa shape index (κ3) is 3.90. The number of rotatable bonds is 2. The lowest BCUT2D eigenvalue weighted by atomic mass is 10.2. The van der Waals surface area contributed by atoms with Crippen molar-refractivity contribution in [2.45, 2.75) is 33.0 Å². The van der Waals surface area contributed by atoms with Crippen LogP contribution in [0, 0.1) is 0 Å². The molecule has 0 atom stereocenters. The summed E-state index contributed by atoms with van der Waals surface area (Å²) in [6.07, 6.45) is -0.520. The van der Waals surface area contributed by atoms with Gasteiger partial charge in [0.25, 0.3) is 0 Å². The SMILES string of the molecule is CC(C)(C)OC(=O)Nc1ccccc1CO. The lowest BCUT2D eigenvalue weighted by Crippen LogP contribution is -2.27. The molecule has 1 rings (SSSR count). The summed E-state index contributed by atoms with van der Waals surface area (Å²) in [6.45, 7) is 5.27. The van der Waals surface area contributed by atoms with Crippen LogP contribution in [0.15, 0.2) is 24.3 Å². The second-order valence-corrected chi connectivity index (χ2v) is 4.44. The third-order valence-corrected chi connectivity index (χ3v) is 1.82. The molecule has 0 aromatic heterocycles. The second-order valence-electron chi connectivity index (χ2n) is 4.44. The molecule has 4 nitrogen and oxygen atoms in total. The van der Waals surface area contributed by atoms with Crippen molar-refractivity contribution in [2.24, 2.45) is 0 Å². The molecule has 0 aliphatic rings. The van der Waals surface area contributed by atoms with E-state index in [4.69, 9.17) is 9.84 Å². The lowest BCUT2D eigenvalue weighted by Gasteiger charge is -2.20. The minimum absolute atomic E-state index is 0.119. The Hall–Kier alpha value is -1.55. The normalized spacial score (nSPS) is 11.0. The molecule has 0 unspecified atom stereocenters. The van der Waals surface area contributed by atoms with E-state index in [-0.39, 0.29) is 6.61 Å². The van der Waals surface area contributed by atoms with E-state index in [9.17, 15) is 4.79 Å². The first-order chi connectivity index (χ1) is 7.42. The average molecular weight is 223 g/mol. The maximum Gasteiger partial charge on any atom is 0.412 e. The molecule has 88 valence electrons. The van der Waals surface area contributed by atoms with Gasteiger partial charge in [0, 0.05) is 11.3 Å². The molecule has 1 amide bonds. The van der Waals surface area contributed by atoms with E-state index in [2.05, 4.69) is 5.32 Å². The summed E-state index contributed by atoms with van der Waals surface area (Å²) in [5, 5.41) is 11.7. The quantitative estimate of drug-likeness (QED) is 0.810. The molecule has 0 aliphatic heterocycles. The third-order valence-electron chi connectivity index (χ3n) is 1.82. The molecular weight excluding hydrogens is 206 g/mol. The molecule has 0 aliphatic carbocycles. The van der Waals surface area contributed by atoms with Crippen LogP contribution in [-0.2, 0) is 11.3 Å². The topological polar surface area (TPSA) is 58.6 Å². The van der Waals surface area contributed by atoms with Gasteiger partial charge < -0.3 is 9.84 Å². The number of carbonyl (C=O) groups excluding carboxylic acids is 1. The fourth-order valence-electron chi connectivity index (χ4n) is 1.19. The van der Waals surface area contributed by atoms with Crippen LogP contribution in [0.1, 0.15) is 26.3 Å². The number of hydrogen-bond acceptors (Lipinski definition) is 3. The highest BCUT2D eigenvalue weighted by Crippen LogP contribution is 2.16. The van der Waals surface area contributed by atoms with Crippen molar-refractivity contribution in [3.63, 3.8) is 0 Å². The number of ether oxygens (including phenoxy) is 1. The molecule has 0 saturated heterocycles. The van der Waals surface area contributed by atoms with Gasteiger partial charge in [0.2, 0.25) is 0 Å². The molecule has 1 aromatic carbocycles. The van der Waals surface area contributed by atoms with E-state index < -0.39 is 11.7 Å². The Balaban J connectivity index is 2.70. The maximum absolute atomic E-state index is 11.5. The van der Waals surface area contributed by atoms with Crippen molar-refractivity contribution in [1.29, 1.82) is 0 Å². The van der Waals surface area contributed by atoms with E-state index in [1.807, 2.05) is 0 Å². The molecule has 0 fully saturated rings. The standard InChI is InChI=1S/C12H17NO3/c1-12(2,3)16-11(15)13-10-7-5-4-6-9(10)8-14/h4-7,14H,8H2,1-3H3,(H,13,15). The van der Waals surface area contributed by atoms with Crippen LogP contribution in [0.2, 0.25) is 0 Å². The van der Waals surface area contributed by atoms with E-state index in [1.165, 1.54) is 0 Å². The summed E-state index contributed by atoms with van der Waals surface area (Å²) in [6, 6.07) is 7.04. The molecule has 2 N–H and O–H groups in total. The summed E-state index contributed by atoms with van der Waals surface area (Å²) < 4.78 is 5.11. The summed E-state index contributed by atoms with van der Waals surface area (Å²) >= 11 is 0. The number of aliphatic hydroxyl groups excluding tert-OH is 1. The number of benzene rings is 1. The van der Waals surface area contributed by atoms with Crippen molar-refractivity contribution >= 4 is 11.8 Å². The molecule has 4 heteroatoms. The molecule has 0 saturated carbocycles. The molecule has 16 heavy (non-hydrogen) atoms. The molecule has 0 spiro atoms. The van der Waals surface area contributed by atoms with Crippen LogP contribution < -0.4 is 5.32 Å². The predicted molar refractivity (Wildman–Crippen MR) is 62.2 cm³/mol. The molecule has 0 heterocycles. The minimum Gasteiger partial charge on any atom is -0.444 e. The van der Waals surface area contributed by atoms with Gasteiger partial charge in [0.1, 0.15) is 5.60 Å². The van der Waals surface area contributed by atoms with Gasteiger partial charge in [-0.3, -0.25) is 5.32 Å². The van der Waals surface area contributed by atoms with Gasteiger partial charge in [-0.2, -0.15) is 0 Å². The van der Waals surface area contributed by atoms with Crippen molar-refractivity contribution in [2.75, 3.05) is 5.32 Å². The van der Waals surface area contributed by atoms with Crippen molar-refractivity contribution in [3.8, 4) is 0 Å². The highest BCUT2D eigenvalue weighted by molar-refractivity contribution is 5.85. The van der Waals surface area contributed by atoms with Crippen molar-refractivity contribution < 1.29 is 14.6 Å². The predicted octanol–water partition coefficient (Wildman–Crippen LogP) is 2.53. The smallest absolute Gasteiger partial charge is 0.412 e. The van der Waals surface area contributed by atoms with E-state index in [1.54, 1.807) is 45.0 Å². The Morgan fingerprint density at radius 2 is 2.00 bits per heavy atom. The number of aliphatic hydroxyl groups is 1. The highest BCUT2D eigenvalue weighted by atomic mass is 16.6. The Bertz CT molecular complexity index is 369. The fourth-order valence-corrected chi connectivity index (χ4v) is 1.19. The number of anilines is 1. The molecule has 0 radical (unpaired) electrons. The van der Waals surface area contributed by atoms with Crippen molar-refractivity contribution in [1.82, 2.24) is 0 Å². The van der Waals surface area contributed by atoms with Crippen LogP contribution in [0.3, 0.4) is 0 Å². The summed E-state index contributed by atoms with van der Waals surface area (Å²) in [4.78, 5) is 11.5. The average Bonchev–Trinajstić information content (AvgIpc) is 2.15. The number of nitrogens with one attached hydrogen (secondary N) is 1. The van der Waals surface area contributed by atoms with E-state index in [0.29, 0.717) is 11.3 Å². The zero-order chi connectivity index (χ0) is 12.2. The van der Waals surface area contributed by atoms with Gasteiger partial charge in [-0.1, -0.05) is 18.2 Å². The van der Waals surface area contributed by atoms with Gasteiger partial charge in [0.15, 0.2) is 0 Å². The zero-order valence-electron chi connectivity index (χ0n) is 9.78. The Kier molecular flexibility index (Phi) is 3.90. The summed E-state index contributed by atoms with van der Waals surface area (Å²) in [5.74, 6) is 0. The largest absolute Gasteiger partial charge is 0.444 e. The highest BCUT2D eigenvalue weighted by Gasteiger charge is 2.16. The number of amides is 1. The molecular formula is C12H17NO3. The first-order valence-electron chi connectivity index (χ1n) is 5.11. The van der Waals surface area contributed by atoms with Gasteiger partial charge >= 0.3 is 6.09 Å². The maximum atomic E-state index is 11.5. The van der Waals surface area contributed by atoms with Gasteiger partial charge in [-0.05, 0) is 26.8 Å². The van der Waals surface area contributed by atoms with Crippen LogP contribution in [-0.4, -0.2) is 16.8 Å². The molecule has 1 aromatic rings. The molecule has 0 bridgehead atoms. The van der Waals surface area contributed by atoms with E-state index >= 15 is 0 Å². The first kappa shape index (κ1) is 12.5. The fraction of sp³-hybridized carbons (Fsp3) is 0.417. The van der Waals surface area contributed by atoms with Crippen LogP contribution >= 0.6 is 0 Å². The zero-order valence-corrected chi connectivity index (χ0v) is 9.78. The van der Waals surface area contributed by atoms with E-state index in [0.717, 1.165) is 0 Å². The van der Waals surface area contributed by atoms with Gasteiger partial charge in [0.05, 0.1) is 6.61 Å². The Morgan fingerprint density at radius 3 is 2.56 bits per heavy atom. The summed E-state index contributed by atoms with van der Waals surface area (Å²) in [7, 11) is 0. The van der Waals surface area contributed by atoms with Crippen LogP contribution in [0.25, 0.3) is 0 Å². The number of hydrogen-bond donors (Lipinski definition) is 2. The van der Waals surface area contributed by atoms with Crippen molar-refractivity contribution in [3.05, 3.63) is 29.8 Å². The summed E-state index contributed by atoms with van der Waals surface area (Å²) in [5.41, 5.74) is 0.700.